The lowest BCUT2D eigenvalue weighted by Crippen LogP contribution is -2.43. The zero-order valence-corrected chi connectivity index (χ0v) is 9.01. The van der Waals surface area contributed by atoms with E-state index in [0.717, 1.165) is 19.0 Å². The van der Waals surface area contributed by atoms with Crippen molar-refractivity contribution in [1.29, 1.82) is 0 Å². The van der Waals surface area contributed by atoms with E-state index in [1.807, 2.05) is 0 Å². The Labute approximate surface area is 77.1 Å². The lowest BCUT2D eigenvalue weighted by Gasteiger charge is -2.32. The van der Waals surface area contributed by atoms with Gasteiger partial charge in [-0.1, -0.05) is 33.6 Å². The van der Waals surface area contributed by atoms with Crippen molar-refractivity contribution < 1.29 is 0 Å². The fraction of sp³-hybridized carbons (Fsp3) is 1.00. The predicted molar refractivity (Wildman–Crippen MR) is 55.2 cm³/mol. The van der Waals surface area contributed by atoms with E-state index in [-0.39, 0.29) is 0 Å². The quantitative estimate of drug-likeness (QED) is 0.661. The monoisotopic (exact) mass is 172 g/mol. The molecule has 0 spiro atoms. The Bertz CT molecular complexity index is 100. The Morgan fingerprint density at radius 2 is 1.67 bits per heavy atom. The van der Waals surface area contributed by atoms with Crippen molar-refractivity contribution in [2.45, 2.75) is 39.7 Å². The SMILES string of the molecule is CCC(CC)C(CN)N(C)CC. The smallest absolute Gasteiger partial charge is 0.0243 e. The Hall–Kier alpha value is -0.0800. The molecule has 0 aliphatic carbocycles. The summed E-state index contributed by atoms with van der Waals surface area (Å²) in [6.45, 7) is 8.57. The Kier molecular flexibility index (Phi) is 6.39. The second-order valence-corrected chi connectivity index (χ2v) is 3.45. The predicted octanol–water partition coefficient (Wildman–Crippen LogP) is 1.70. The van der Waals surface area contributed by atoms with Gasteiger partial charge in [0.2, 0.25) is 0 Å². The number of likely N-dealkylation sites (N-methyl/N-ethyl adjacent to an activating group) is 1. The van der Waals surface area contributed by atoms with Crippen LogP contribution in [0.1, 0.15) is 33.6 Å². The molecule has 0 aliphatic heterocycles. The summed E-state index contributed by atoms with van der Waals surface area (Å²) in [6, 6.07) is 0.574. The van der Waals surface area contributed by atoms with E-state index in [4.69, 9.17) is 5.73 Å². The topological polar surface area (TPSA) is 29.3 Å². The first-order chi connectivity index (χ1) is 5.71. The first-order valence-electron chi connectivity index (χ1n) is 5.11. The lowest BCUT2D eigenvalue weighted by molar-refractivity contribution is 0.180. The maximum Gasteiger partial charge on any atom is 0.0243 e. The summed E-state index contributed by atoms with van der Waals surface area (Å²) in [7, 11) is 2.16. The molecule has 74 valence electrons. The van der Waals surface area contributed by atoms with Gasteiger partial charge in [0, 0.05) is 12.6 Å². The van der Waals surface area contributed by atoms with E-state index in [1.54, 1.807) is 0 Å². The molecular weight excluding hydrogens is 148 g/mol. The second kappa shape index (κ2) is 6.44. The number of hydrogen-bond donors (Lipinski definition) is 1. The van der Waals surface area contributed by atoms with Crippen LogP contribution in [0, 0.1) is 5.92 Å². The fourth-order valence-corrected chi connectivity index (χ4v) is 1.80. The summed E-state index contributed by atoms with van der Waals surface area (Å²) in [6.07, 6.45) is 2.48. The molecule has 0 aromatic carbocycles. The number of nitrogens with two attached hydrogens (primary N) is 1. The molecular formula is C10H24N2. The summed E-state index contributed by atoms with van der Waals surface area (Å²) in [5.41, 5.74) is 5.76. The van der Waals surface area contributed by atoms with Crippen molar-refractivity contribution in [2.75, 3.05) is 20.1 Å². The molecule has 1 atom stereocenters. The van der Waals surface area contributed by atoms with Crippen molar-refractivity contribution in [3.63, 3.8) is 0 Å². The van der Waals surface area contributed by atoms with Crippen LogP contribution in [0.25, 0.3) is 0 Å². The molecule has 2 heteroatoms. The maximum absolute atomic E-state index is 5.76. The van der Waals surface area contributed by atoms with E-state index < -0.39 is 0 Å². The normalized spacial score (nSPS) is 14.2. The van der Waals surface area contributed by atoms with Crippen LogP contribution in [0.2, 0.25) is 0 Å². The van der Waals surface area contributed by atoms with Gasteiger partial charge in [-0.3, -0.25) is 0 Å². The number of nitrogens with zero attached hydrogens (tertiary/aromatic N) is 1. The zero-order chi connectivity index (χ0) is 9.56. The summed E-state index contributed by atoms with van der Waals surface area (Å²) in [5.74, 6) is 0.764. The van der Waals surface area contributed by atoms with Crippen LogP contribution >= 0.6 is 0 Å². The zero-order valence-electron chi connectivity index (χ0n) is 9.01. The minimum atomic E-state index is 0.574. The summed E-state index contributed by atoms with van der Waals surface area (Å²) < 4.78 is 0. The minimum Gasteiger partial charge on any atom is -0.329 e. The number of hydrogen-bond acceptors (Lipinski definition) is 2. The third kappa shape index (κ3) is 3.11. The third-order valence-electron chi connectivity index (χ3n) is 2.90. The number of rotatable bonds is 6. The van der Waals surface area contributed by atoms with Gasteiger partial charge in [-0.05, 0) is 19.5 Å². The first-order valence-corrected chi connectivity index (χ1v) is 5.11. The van der Waals surface area contributed by atoms with Crippen molar-refractivity contribution >= 4 is 0 Å². The molecule has 12 heavy (non-hydrogen) atoms. The van der Waals surface area contributed by atoms with Crippen molar-refractivity contribution in [3.05, 3.63) is 0 Å². The first kappa shape index (κ1) is 11.9. The average Bonchev–Trinajstić information content (AvgIpc) is 2.12. The molecule has 0 aliphatic rings. The fourth-order valence-electron chi connectivity index (χ4n) is 1.80. The van der Waals surface area contributed by atoms with Crippen LogP contribution < -0.4 is 5.73 Å². The van der Waals surface area contributed by atoms with Gasteiger partial charge >= 0.3 is 0 Å². The molecule has 0 amide bonds. The van der Waals surface area contributed by atoms with Crippen LogP contribution in [-0.4, -0.2) is 31.1 Å². The molecule has 0 saturated heterocycles. The van der Waals surface area contributed by atoms with Gasteiger partial charge < -0.3 is 10.6 Å². The van der Waals surface area contributed by atoms with Gasteiger partial charge in [0.1, 0.15) is 0 Å². The van der Waals surface area contributed by atoms with E-state index in [0.29, 0.717) is 6.04 Å². The maximum atomic E-state index is 5.76. The van der Waals surface area contributed by atoms with Crippen LogP contribution in [-0.2, 0) is 0 Å². The molecule has 0 heterocycles. The Morgan fingerprint density at radius 3 is 1.92 bits per heavy atom. The third-order valence-corrected chi connectivity index (χ3v) is 2.90. The van der Waals surface area contributed by atoms with Crippen LogP contribution in [0.15, 0.2) is 0 Å². The second-order valence-electron chi connectivity index (χ2n) is 3.45. The molecule has 0 bridgehead atoms. The van der Waals surface area contributed by atoms with Gasteiger partial charge in [-0.25, -0.2) is 0 Å². The molecule has 0 rings (SSSR count). The van der Waals surface area contributed by atoms with E-state index in [1.165, 1.54) is 12.8 Å². The van der Waals surface area contributed by atoms with E-state index >= 15 is 0 Å². The molecule has 0 aromatic rings. The van der Waals surface area contributed by atoms with Crippen LogP contribution in [0.4, 0.5) is 0 Å². The summed E-state index contributed by atoms with van der Waals surface area (Å²) in [5, 5.41) is 0. The molecule has 2 nitrogen and oxygen atoms in total. The largest absolute Gasteiger partial charge is 0.329 e. The Balaban J connectivity index is 4.09. The van der Waals surface area contributed by atoms with Crippen LogP contribution in [0.5, 0.6) is 0 Å². The van der Waals surface area contributed by atoms with Gasteiger partial charge in [0.05, 0.1) is 0 Å². The molecule has 0 saturated carbocycles. The highest BCUT2D eigenvalue weighted by Crippen LogP contribution is 2.16. The standard InChI is InChI=1S/C10H24N2/c1-5-9(6-2)10(8-11)12(4)7-3/h9-10H,5-8,11H2,1-4H3. The van der Waals surface area contributed by atoms with Crippen molar-refractivity contribution in [3.8, 4) is 0 Å². The van der Waals surface area contributed by atoms with E-state index in [9.17, 15) is 0 Å². The van der Waals surface area contributed by atoms with Gasteiger partial charge in [0.25, 0.3) is 0 Å². The van der Waals surface area contributed by atoms with Gasteiger partial charge in [-0.2, -0.15) is 0 Å². The Morgan fingerprint density at radius 1 is 1.17 bits per heavy atom. The molecule has 0 aromatic heterocycles. The lowest BCUT2D eigenvalue weighted by atomic mass is 9.93. The molecule has 2 N–H and O–H groups in total. The summed E-state index contributed by atoms with van der Waals surface area (Å²) in [4.78, 5) is 2.36. The van der Waals surface area contributed by atoms with Gasteiger partial charge in [-0.15, -0.1) is 0 Å². The van der Waals surface area contributed by atoms with Crippen molar-refractivity contribution in [1.82, 2.24) is 4.90 Å². The molecule has 0 radical (unpaired) electrons. The highest BCUT2D eigenvalue weighted by molar-refractivity contribution is 4.76. The van der Waals surface area contributed by atoms with Crippen molar-refractivity contribution in [2.24, 2.45) is 11.7 Å². The summed E-state index contributed by atoms with van der Waals surface area (Å²) >= 11 is 0. The highest BCUT2D eigenvalue weighted by Gasteiger charge is 2.19. The molecule has 0 fully saturated rings. The van der Waals surface area contributed by atoms with E-state index in [2.05, 4.69) is 32.7 Å². The average molecular weight is 172 g/mol. The highest BCUT2D eigenvalue weighted by atomic mass is 15.1. The minimum absolute atomic E-state index is 0.574. The van der Waals surface area contributed by atoms with Crippen LogP contribution in [0.3, 0.4) is 0 Å². The molecule has 1 unspecified atom stereocenters. The van der Waals surface area contributed by atoms with Gasteiger partial charge in [0.15, 0.2) is 0 Å².